The summed E-state index contributed by atoms with van der Waals surface area (Å²) in [6.07, 6.45) is 1.26. The van der Waals surface area contributed by atoms with Gasteiger partial charge in [-0.15, -0.1) is 0 Å². The van der Waals surface area contributed by atoms with Gasteiger partial charge in [0.25, 0.3) is 0 Å². The number of rotatable bonds is 5. The van der Waals surface area contributed by atoms with E-state index >= 15 is 0 Å². The molecule has 9 heteroatoms. The maximum atomic E-state index is 11.1. The van der Waals surface area contributed by atoms with Gasteiger partial charge in [0.05, 0.1) is 10.6 Å². The van der Waals surface area contributed by atoms with Crippen molar-refractivity contribution in [1.29, 1.82) is 0 Å². The molecule has 2 heterocycles. The number of aryl methyl sites for hydroxylation is 2. The molecule has 106 valence electrons. The van der Waals surface area contributed by atoms with Crippen LogP contribution < -0.4 is 10.6 Å². The second-order valence-electron chi connectivity index (χ2n) is 4.08. The Bertz CT molecular complexity index is 620. The van der Waals surface area contributed by atoms with E-state index in [1.165, 1.54) is 6.33 Å². The van der Waals surface area contributed by atoms with Crippen LogP contribution in [0.3, 0.4) is 0 Å². The van der Waals surface area contributed by atoms with Gasteiger partial charge < -0.3 is 15.2 Å². The Morgan fingerprint density at radius 1 is 1.35 bits per heavy atom. The zero-order valence-electron chi connectivity index (χ0n) is 11.3. The number of aromatic nitrogens is 3. The van der Waals surface area contributed by atoms with Gasteiger partial charge in [0.2, 0.25) is 11.6 Å². The van der Waals surface area contributed by atoms with Crippen LogP contribution in [0.15, 0.2) is 10.9 Å². The molecule has 0 unspecified atom stereocenters. The number of hydrogen-bond donors (Lipinski definition) is 2. The van der Waals surface area contributed by atoms with E-state index in [4.69, 9.17) is 4.52 Å². The SMILES string of the molecule is CNc1ncnc(NCc2c(C)noc2C)c1[N+](=O)[O-]. The number of nitrogens with one attached hydrogen (secondary N) is 2. The summed E-state index contributed by atoms with van der Waals surface area (Å²) in [4.78, 5) is 18.3. The lowest BCUT2D eigenvalue weighted by Crippen LogP contribution is -2.08. The average molecular weight is 278 g/mol. The van der Waals surface area contributed by atoms with Crippen LogP contribution in [-0.2, 0) is 6.54 Å². The Kier molecular flexibility index (Phi) is 3.78. The van der Waals surface area contributed by atoms with Gasteiger partial charge in [-0.3, -0.25) is 10.1 Å². The first-order valence-electron chi connectivity index (χ1n) is 5.87. The quantitative estimate of drug-likeness (QED) is 0.625. The van der Waals surface area contributed by atoms with Gasteiger partial charge in [-0.1, -0.05) is 5.16 Å². The van der Waals surface area contributed by atoms with Crippen molar-refractivity contribution in [1.82, 2.24) is 15.1 Å². The summed E-state index contributed by atoms with van der Waals surface area (Å²) in [5, 5.41) is 20.5. The molecule has 2 rings (SSSR count). The van der Waals surface area contributed by atoms with E-state index in [0.717, 1.165) is 11.3 Å². The minimum atomic E-state index is -0.526. The lowest BCUT2D eigenvalue weighted by atomic mass is 10.2. The topological polar surface area (TPSA) is 119 Å². The predicted octanol–water partition coefficient (Wildman–Crippen LogP) is 1.64. The van der Waals surface area contributed by atoms with Crippen molar-refractivity contribution >= 4 is 17.3 Å². The van der Waals surface area contributed by atoms with Crippen molar-refractivity contribution < 1.29 is 9.45 Å². The van der Waals surface area contributed by atoms with Gasteiger partial charge in [-0.05, 0) is 13.8 Å². The molecule has 9 nitrogen and oxygen atoms in total. The molecular formula is C11H14N6O3. The third-order valence-corrected chi connectivity index (χ3v) is 2.86. The molecule has 0 aliphatic heterocycles. The molecule has 0 aromatic carbocycles. The third kappa shape index (κ3) is 2.51. The first-order chi connectivity index (χ1) is 9.54. The molecule has 2 aromatic heterocycles. The fraction of sp³-hybridized carbons (Fsp3) is 0.364. The Hall–Kier alpha value is -2.71. The van der Waals surface area contributed by atoms with Crippen LogP contribution in [0.25, 0.3) is 0 Å². The molecular weight excluding hydrogens is 264 g/mol. The second-order valence-corrected chi connectivity index (χ2v) is 4.08. The molecule has 20 heavy (non-hydrogen) atoms. The van der Waals surface area contributed by atoms with Crippen LogP contribution in [-0.4, -0.2) is 27.1 Å². The highest BCUT2D eigenvalue weighted by molar-refractivity contribution is 5.69. The molecule has 2 N–H and O–H groups in total. The van der Waals surface area contributed by atoms with Gasteiger partial charge in [0, 0.05) is 19.2 Å². The lowest BCUT2D eigenvalue weighted by Gasteiger charge is -2.07. The highest BCUT2D eigenvalue weighted by atomic mass is 16.6. The van der Waals surface area contributed by atoms with E-state index in [-0.39, 0.29) is 17.3 Å². The van der Waals surface area contributed by atoms with Crippen molar-refractivity contribution in [2.45, 2.75) is 20.4 Å². The predicted molar refractivity (Wildman–Crippen MR) is 71.5 cm³/mol. The molecule has 0 bridgehead atoms. The van der Waals surface area contributed by atoms with Crippen LogP contribution in [0.2, 0.25) is 0 Å². The molecule has 0 aliphatic carbocycles. The van der Waals surface area contributed by atoms with Crippen molar-refractivity contribution in [3.8, 4) is 0 Å². The first kappa shape index (κ1) is 13.7. The van der Waals surface area contributed by atoms with Gasteiger partial charge in [-0.25, -0.2) is 9.97 Å². The van der Waals surface area contributed by atoms with Gasteiger partial charge in [0.1, 0.15) is 12.1 Å². The summed E-state index contributed by atoms with van der Waals surface area (Å²) in [6, 6.07) is 0. The Balaban J connectivity index is 2.28. The van der Waals surface area contributed by atoms with E-state index in [9.17, 15) is 10.1 Å². The number of nitro groups is 1. The zero-order valence-corrected chi connectivity index (χ0v) is 11.3. The normalized spacial score (nSPS) is 10.3. The summed E-state index contributed by atoms with van der Waals surface area (Å²) in [6.45, 7) is 3.92. The van der Waals surface area contributed by atoms with Crippen LogP contribution in [0.1, 0.15) is 17.0 Å². The van der Waals surface area contributed by atoms with E-state index in [2.05, 4.69) is 25.8 Å². The summed E-state index contributed by atoms with van der Waals surface area (Å²) in [5.41, 5.74) is 1.39. The van der Waals surface area contributed by atoms with E-state index in [0.29, 0.717) is 12.3 Å². The van der Waals surface area contributed by atoms with Crippen LogP contribution >= 0.6 is 0 Å². The van der Waals surface area contributed by atoms with Crippen LogP contribution in [0.5, 0.6) is 0 Å². The molecule has 0 atom stereocenters. The molecule has 2 aromatic rings. The maximum Gasteiger partial charge on any atom is 0.353 e. The molecule has 0 amide bonds. The van der Waals surface area contributed by atoms with Crippen molar-refractivity contribution in [3.63, 3.8) is 0 Å². The number of nitrogens with zero attached hydrogens (tertiary/aromatic N) is 4. The van der Waals surface area contributed by atoms with Crippen LogP contribution in [0.4, 0.5) is 17.3 Å². The van der Waals surface area contributed by atoms with Gasteiger partial charge in [0.15, 0.2) is 0 Å². The smallest absolute Gasteiger partial charge is 0.353 e. The standard InChI is InChI=1S/C11H14N6O3/c1-6-8(7(2)20-16-6)4-13-11-9(17(18)19)10(12-3)14-5-15-11/h5H,4H2,1-3H3,(H2,12,13,14,15). The Morgan fingerprint density at radius 2 is 2.05 bits per heavy atom. The van der Waals surface area contributed by atoms with Crippen LogP contribution in [0, 0.1) is 24.0 Å². The zero-order chi connectivity index (χ0) is 14.7. The summed E-state index contributed by atoms with van der Waals surface area (Å²) in [7, 11) is 1.56. The molecule has 0 radical (unpaired) electrons. The summed E-state index contributed by atoms with van der Waals surface area (Å²) in [5.74, 6) is 0.973. The highest BCUT2D eigenvalue weighted by Gasteiger charge is 2.22. The monoisotopic (exact) mass is 278 g/mol. The van der Waals surface area contributed by atoms with Gasteiger partial charge in [-0.2, -0.15) is 0 Å². The lowest BCUT2D eigenvalue weighted by molar-refractivity contribution is -0.383. The molecule has 0 spiro atoms. The number of anilines is 2. The fourth-order valence-electron chi connectivity index (χ4n) is 1.79. The van der Waals surface area contributed by atoms with Crippen molar-refractivity contribution in [2.75, 3.05) is 17.7 Å². The minimum Gasteiger partial charge on any atom is -0.367 e. The van der Waals surface area contributed by atoms with Crippen molar-refractivity contribution in [3.05, 3.63) is 33.5 Å². The highest BCUT2D eigenvalue weighted by Crippen LogP contribution is 2.29. The van der Waals surface area contributed by atoms with Crippen molar-refractivity contribution in [2.24, 2.45) is 0 Å². The molecule has 0 saturated heterocycles. The Labute approximate surface area is 114 Å². The third-order valence-electron chi connectivity index (χ3n) is 2.86. The largest absolute Gasteiger partial charge is 0.367 e. The molecule has 0 aliphatic rings. The number of hydrogen-bond acceptors (Lipinski definition) is 8. The first-order valence-corrected chi connectivity index (χ1v) is 5.87. The van der Waals surface area contributed by atoms with E-state index in [1.54, 1.807) is 20.9 Å². The molecule has 0 saturated carbocycles. The molecule has 0 fully saturated rings. The Morgan fingerprint density at radius 3 is 2.60 bits per heavy atom. The second kappa shape index (κ2) is 5.51. The summed E-state index contributed by atoms with van der Waals surface area (Å²) >= 11 is 0. The average Bonchev–Trinajstić information content (AvgIpc) is 2.75. The van der Waals surface area contributed by atoms with E-state index in [1.807, 2.05) is 0 Å². The van der Waals surface area contributed by atoms with Gasteiger partial charge >= 0.3 is 5.69 Å². The minimum absolute atomic E-state index is 0.148. The fourth-order valence-corrected chi connectivity index (χ4v) is 1.79. The maximum absolute atomic E-state index is 11.1. The van der Waals surface area contributed by atoms with E-state index < -0.39 is 4.92 Å². The summed E-state index contributed by atoms with van der Waals surface area (Å²) < 4.78 is 5.04.